The van der Waals surface area contributed by atoms with Crippen LogP contribution in [0.15, 0.2) is 24.3 Å². The van der Waals surface area contributed by atoms with Crippen molar-refractivity contribution in [2.24, 2.45) is 0 Å². The lowest BCUT2D eigenvalue weighted by molar-refractivity contribution is 0.106. The van der Waals surface area contributed by atoms with E-state index in [4.69, 9.17) is 51.1 Å². The highest BCUT2D eigenvalue weighted by Gasteiger charge is 2.34. The molecule has 112 valence electrons. The molecular formula is C14H22Cl4O. The van der Waals surface area contributed by atoms with E-state index < -0.39 is 9.75 Å². The summed E-state index contributed by atoms with van der Waals surface area (Å²) in [7, 11) is 0. The minimum Gasteiger partial charge on any atom is -0.377 e. The number of alkyl halides is 4. The Kier molecular flexibility index (Phi) is 9.07. The molecule has 19 heavy (non-hydrogen) atoms. The van der Waals surface area contributed by atoms with Crippen molar-refractivity contribution in [3.05, 3.63) is 24.3 Å². The zero-order valence-electron chi connectivity index (χ0n) is 11.8. The van der Waals surface area contributed by atoms with Crippen LogP contribution < -0.4 is 0 Å². The topological polar surface area (TPSA) is 9.23 Å². The first-order chi connectivity index (χ1) is 8.72. The summed E-state index contributed by atoms with van der Waals surface area (Å²) in [5, 5.41) is -0.518. The van der Waals surface area contributed by atoms with Gasteiger partial charge in [0.25, 0.3) is 0 Å². The van der Waals surface area contributed by atoms with Crippen molar-refractivity contribution >= 4 is 46.4 Å². The Morgan fingerprint density at radius 3 is 1.42 bits per heavy atom. The van der Waals surface area contributed by atoms with Crippen LogP contribution in [-0.2, 0) is 4.74 Å². The van der Waals surface area contributed by atoms with Crippen LogP contribution in [0, 0.1) is 0 Å². The average Bonchev–Trinajstić information content (AvgIpc) is 2.29. The van der Waals surface area contributed by atoms with Crippen molar-refractivity contribution in [3.63, 3.8) is 0 Å². The third kappa shape index (κ3) is 6.27. The number of hydrogen-bond donors (Lipinski definition) is 0. The third-order valence-electron chi connectivity index (χ3n) is 2.86. The van der Waals surface area contributed by atoms with Gasteiger partial charge in [0.2, 0.25) is 0 Å². The third-order valence-corrected chi connectivity index (χ3v) is 4.98. The van der Waals surface area contributed by atoms with Crippen molar-refractivity contribution < 1.29 is 4.74 Å². The van der Waals surface area contributed by atoms with Gasteiger partial charge in [-0.15, -0.1) is 46.4 Å². The molecule has 0 heterocycles. The SMILES string of the molecule is CC=CC(Cl)(COCC(Cl)(C=CC)C(C)Cl)C(C)Cl. The second-order valence-corrected chi connectivity index (χ2v) is 7.30. The second kappa shape index (κ2) is 8.79. The fourth-order valence-corrected chi connectivity index (χ4v) is 2.19. The Morgan fingerprint density at radius 2 is 1.21 bits per heavy atom. The molecule has 4 unspecified atom stereocenters. The van der Waals surface area contributed by atoms with Crippen LogP contribution in [0.5, 0.6) is 0 Å². The van der Waals surface area contributed by atoms with Crippen molar-refractivity contribution in [2.75, 3.05) is 13.2 Å². The van der Waals surface area contributed by atoms with E-state index in [2.05, 4.69) is 0 Å². The van der Waals surface area contributed by atoms with Crippen molar-refractivity contribution in [2.45, 2.75) is 48.2 Å². The van der Waals surface area contributed by atoms with Gasteiger partial charge in [-0.25, -0.2) is 0 Å². The molecule has 0 aliphatic rings. The van der Waals surface area contributed by atoms with Gasteiger partial charge in [0, 0.05) is 0 Å². The lowest BCUT2D eigenvalue weighted by atomic mass is 10.0. The molecule has 0 spiro atoms. The second-order valence-electron chi connectivity index (χ2n) is 4.58. The molecule has 0 bridgehead atoms. The van der Waals surface area contributed by atoms with Gasteiger partial charge in [-0.1, -0.05) is 24.3 Å². The highest BCUT2D eigenvalue weighted by atomic mass is 35.5. The molecule has 0 radical (unpaired) electrons. The fraction of sp³-hybridized carbons (Fsp3) is 0.714. The van der Waals surface area contributed by atoms with E-state index in [9.17, 15) is 0 Å². The van der Waals surface area contributed by atoms with Gasteiger partial charge < -0.3 is 4.74 Å². The number of allylic oxidation sites excluding steroid dienone is 2. The summed E-state index contributed by atoms with van der Waals surface area (Å²) in [4.78, 5) is -1.47. The summed E-state index contributed by atoms with van der Waals surface area (Å²) in [6.45, 7) is 8.01. The molecule has 0 aromatic rings. The van der Waals surface area contributed by atoms with Crippen LogP contribution in [-0.4, -0.2) is 33.7 Å². The summed E-state index contributed by atoms with van der Waals surface area (Å²) in [5.74, 6) is 0. The first kappa shape index (κ1) is 19.6. The molecule has 0 rings (SSSR count). The zero-order valence-corrected chi connectivity index (χ0v) is 14.8. The number of halogens is 4. The maximum Gasteiger partial charge on any atom is 0.102 e. The first-order valence-electron chi connectivity index (χ1n) is 6.23. The molecule has 0 saturated heterocycles. The zero-order chi connectivity index (χ0) is 15.1. The largest absolute Gasteiger partial charge is 0.377 e. The van der Waals surface area contributed by atoms with E-state index >= 15 is 0 Å². The van der Waals surface area contributed by atoms with Crippen LogP contribution in [0.3, 0.4) is 0 Å². The Morgan fingerprint density at radius 1 is 0.895 bits per heavy atom. The maximum atomic E-state index is 6.42. The van der Waals surface area contributed by atoms with Crippen molar-refractivity contribution in [3.8, 4) is 0 Å². The predicted molar refractivity (Wildman–Crippen MR) is 88.2 cm³/mol. The molecule has 5 heteroatoms. The molecular weight excluding hydrogens is 326 g/mol. The van der Waals surface area contributed by atoms with E-state index in [-0.39, 0.29) is 24.0 Å². The molecule has 4 atom stereocenters. The van der Waals surface area contributed by atoms with Gasteiger partial charge in [0.05, 0.1) is 24.0 Å². The molecule has 0 aliphatic carbocycles. The molecule has 1 nitrogen and oxygen atoms in total. The van der Waals surface area contributed by atoms with Crippen LogP contribution in [0.1, 0.15) is 27.7 Å². The first-order valence-corrected chi connectivity index (χ1v) is 7.86. The number of hydrogen-bond acceptors (Lipinski definition) is 1. The Hall–Kier alpha value is 0.600. The highest BCUT2D eigenvalue weighted by molar-refractivity contribution is 6.34. The molecule has 0 aromatic heterocycles. The van der Waals surface area contributed by atoms with E-state index in [1.54, 1.807) is 0 Å². The van der Waals surface area contributed by atoms with Crippen LogP contribution in [0.25, 0.3) is 0 Å². The van der Waals surface area contributed by atoms with Crippen LogP contribution in [0.4, 0.5) is 0 Å². The van der Waals surface area contributed by atoms with Crippen molar-refractivity contribution in [1.82, 2.24) is 0 Å². The molecule has 0 N–H and O–H groups in total. The summed E-state index contributed by atoms with van der Waals surface area (Å²) >= 11 is 25.0. The van der Waals surface area contributed by atoms with E-state index in [1.165, 1.54) is 0 Å². The van der Waals surface area contributed by atoms with Gasteiger partial charge in [0.15, 0.2) is 0 Å². The summed E-state index contributed by atoms with van der Waals surface area (Å²) in [6, 6.07) is 0. The Bertz CT molecular complexity index is 285. The van der Waals surface area contributed by atoms with Gasteiger partial charge in [-0.05, 0) is 27.7 Å². The minimum absolute atomic E-state index is 0.259. The number of rotatable bonds is 8. The lowest BCUT2D eigenvalue weighted by Crippen LogP contribution is -2.39. The fourth-order valence-electron chi connectivity index (χ4n) is 1.51. The van der Waals surface area contributed by atoms with E-state index in [0.29, 0.717) is 0 Å². The highest BCUT2D eigenvalue weighted by Crippen LogP contribution is 2.30. The maximum absolute atomic E-state index is 6.42. The molecule has 0 aliphatic heterocycles. The van der Waals surface area contributed by atoms with Crippen molar-refractivity contribution in [1.29, 1.82) is 0 Å². The predicted octanol–water partition coefficient (Wildman–Crippen LogP) is 5.37. The quantitative estimate of drug-likeness (QED) is 0.424. The van der Waals surface area contributed by atoms with Crippen LogP contribution >= 0.6 is 46.4 Å². The smallest absolute Gasteiger partial charge is 0.102 e. The van der Waals surface area contributed by atoms with Gasteiger partial charge >= 0.3 is 0 Å². The molecule has 0 fully saturated rings. The minimum atomic E-state index is -0.737. The average molecular weight is 348 g/mol. The molecule has 0 amide bonds. The standard InChI is InChI=1S/C14H22Cl4O/c1-5-7-13(17,11(3)15)9-19-10-14(18,8-6-2)12(4)16/h5-8,11-12H,9-10H2,1-4H3. The number of ether oxygens (including phenoxy) is 1. The normalized spacial score (nSPS) is 22.3. The monoisotopic (exact) mass is 346 g/mol. The summed E-state index contributed by atoms with van der Waals surface area (Å²) < 4.78 is 5.66. The van der Waals surface area contributed by atoms with E-state index in [1.807, 2.05) is 52.0 Å². The van der Waals surface area contributed by atoms with Gasteiger partial charge in [-0.2, -0.15) is 0 Å². The Balaban J connectivity index is 4.63. The summed E-state index contributed by atoms with van der Waals surface area (Å²) in [6.07, 6.45) is 7.39. The lowest BCUT2D eigenvalue weighted by Gasteiger charge is -2.30. The van der Waals surface area contributed by atoms with Crippen LogP contribution in [0.2, 0.25) is 0 Å². The van der Waals surface area contributed by atoms with Gasteiger partial charge in [0.1, 0.15) is 9.75 Å². The Labute approximate surface area is 136 Å². The summed E-state index contributed by atoms with van der Waals surface area (Å²) in [5.41, 5.74) is 0. The van der Waals surface area contributed by atoms with E-state index in [0.717, 1.165) is 0 Å². The molecule has 0 saturated carbocycles. The van der Waals surface area contributed by atoms with Gasteiger partial charge in [-0.3, -0.25) is 0 Å². The molecule has 0 aromatic carbocycles.